The highest BCUT2D eigenvalue weighted by atomic mass is 16.5. The van der Waals surface area contributed by atoms with Gasteiger partial charge in [0.05, 0.1) is 12.5 Å². The van der Waals surface area contributed by atoms with Crippen molar-refractivity contribution in [2.45, 2.75) is 72.6 Å². The summed E-state index contributed by atoms with van der Waals surface area (Å²) in [5.41, 5.74) is 0.0330. The van der Waals surface area contributed by atoms with Crippen molar-refractivity contribution in [1.29, 1.82) is 0 Å². The number of aromatic hydroxyl groups is 2. The monoisotopic (exact) mass is 492 g/mol. The normalized spacial score (nSPS) is 12.2. The molecule has 0 amide bonds. The Morgan fingerprint density at radius 3 is 1.43 bits per heavy atom. The summed E-state index contributed by atoms with van der Waals surface area (Å²) >= 11 is 0. The van der Waals surface area contributed by atoms with Crippen molar-refractivity contribution in [2.75, 3.05) is 26.4 Å². The van der Waals surface area contributed by atoms with Crippen LogP contribution in [0.25, 0.3) is 0 Å². The van der Waals surface area contributed by atoms with E-state index in [1.165, 1.54) is 12.5 Å². The first-order valence-electron chi connectivity index (χ1n) is 12.2. The Hall–Kier alpha value is -2.58. The molecule has 0 bridgehead atoms. The summed E-state index contributed by atoms with van der Waals surface area (Å²) in [6.07, 6.45) is 10.4. The summed E-state index contributed by atoms with van der Waals surface area (Å²) in [7, 11) is 0. The molecule has 2 aromatic rings. The van der Waals surface area contributed by atoms with Crippen molar-refractivity contribution in [1.82, 2.24) is 0 Å². The predicted molar refractivity (Wildman–Crippen MR) is 133 cm³/mol. The average Bonchev–Trinajstić information content (AvgIpc) is 2.78. The molecule has 0 aliphatic rings. The van der Waals surface area contributed by atoms with Gasteiger partial charge in [0.25, 0.3) is 0 Å². The fraction of sp³-hybridized carbons (Fsp3) is 0.630. The van der Waals surface area contributed by atoms with Crippen LogP contribution in [0.1, 0.15) is 70.9 Å². The van der Waals surface area contributed by atoms with Gasteiger partial charge in [-0.2, -0.15) is 0 Å². The van der Waals surface area contributed by atoms with Gasteiger partial charge in [0.1, 0.15) is 12.5 Å². The van der Waals surface area contributed by atoms with E-state index in [-0.39, 0.29) is 33.2 Å². The molecule has 8 nitrogen and oxygen atoms in total. The number of rotatable bonds is 16. The zero-order chi connectivity index (χ0) is 25.9. The van der Waals surface area contributed by atoms with Gasteiger partial charge in [-0.05, 0) is 55.8 Å². The maximum Gasteiger partial charge on any atom is 0.229 e. The summed E-state index contributed by atoms with van der Waals surface area (Å²) in [6, 6.07) is 0. The lowest BCUT2D eigenvalue weighted by Gasteiger charge is -2.24. The standard InChI is InChI=1S/C27H40O8/c1-26(2,14-20-16-34-18-22(28)24(20)30)8-5-10-32-12-7-13-33-11-6-9-27(3,4)15-21-17-35-19-23(29)25(21)31/h16-19,28-29H,5-15H2,1-4H3. The molecule has 0 aromatic carbocycles. The smallest absolute Gasteiger partial charge is 0.229 e. The van der Waals surface area contributed by atoms with Gasteiger partial charge in [-0.1, -0.05) is 27.7 Å². The van der Waals surface area contributed by atoms with E-state index in [4.69, 9.17) is 18.3 Å². The third-order valence-corrected chi connectivity index (χ3v) is 6.03. The summed E-state index contributed by atoms with van der Waals surface area (Å²) in [4.78, 5) is 23.9. The predicted octanol–water partition coefficient (Wildman–Crippen LogP) is 4.83. The molecule has 0 unspecified atom stereocenters. The Labute approximate surface area is 206 Å². The van der Waals surface area contributed by atoms with Gasteiger partial charge < -0.3 is 28.5 Å². The first kappa shape index (κ1) is 28.7. The van der Waals surface area contributed by atoms with Gasteiger partial charge in [-0.25, -0.2) is 0 Å². The van der Waals surface area contributed by atoms with Crippen molar-refractivity contribution in [3.8, 4) is 11.5 Å². The van der Waals surface area contributed by atoms with Gasteiger partial charge in [0, 0.05) is 37.6 Å². The average molecular weight is 493 g/mol. The van der Waals surface area contributed by atoms with E-state index in [1.54, 1.807) is 0 Å². The maximum atomic E-state index is 12.0. The van der Waals surface area contributed by atoms with Crippen LogP contribution in [0.3, 0.4) is 0 Å². The number of hydrogen-bond acceptors (Lipinski definition) is 8. The van der Waals surface area contributed by atoms with E-state index in [0.29, 0.717) is 50.4 Å². The fourth-order valence-electron chi connectivity index (χ4n) is 4.13. The summed E-state index contributed by atoms with van der Waals surface area (Å²) in [6.45, 7) is 10.9. The van der Waals surface area contributed by atoms with Gasteiger partial charge >= 0.3 is 0 Å². The molecule has 2 N–H and O–H groups in total. The van der Waals surface area contributed by atoms with Gasteiger partial charge in [0.2, 0.25) is 10.9 Å². The number of hydrogen-bond donors (Lipinski definition) is 2. The topological polar surface area (TPSA) is 119 Å². The van der Waals surface area contributed by atoms with Crippen molar-refractivity contribution >= 4 is 0 Å². The van der Waals surface area contributed by atoms with Gasteiger partial charge in [-0.15, -0.1) is 0 Å². The minimum absolute atomic E-state index is 0.104. The second kappa shape index (κ2) is 13.5. The lowest BCUT2D eigenvalue weighted by atomic mass is 9.82. The second-order valence-corrected chi connectivity index (χ2v) is 10.7. The molecule has 8 heteroatoms. The van der Waals surface area contributed by atoms with Crippen LogP contribution in [-0.4, -0.2) is 36.6 Å². The van der Waals surface area contributed by atoms with Gasteiger partial charge in [0.15, 0.2) is 11.5 Å². The van der Waals surface area contributed by atoms with E-state index in [9.17, 15) is 19.8 Å². The Morgan fingerprint density at radius 1 is 0.657 bits per heavy atom. The fourth-order valence-corrected chi connectivity index (χ4v) is 4.13. The molecule has 2 aromatic heterocycles. The molecule has 0 saturated heterocycles. The molecular weight excluding hydrogens is 452 g/mol. The van der Waals surface area contributed by atoms with Crippen LogP contribution in [0.15, 0.2) is 43.5 Å². The van der Waals surface area contributed by atoms with E-state index in [1.807, 2.05) is 0 Å². The van der Waals surface area contributed by atoms with Crippen molar-refractivity contribution in [3.05, 3.63) is 56.6 Å². The molecule has 0 fully saturated rings. The van der Waals surface area contributed by atoms with Crippen molar-refractivity contribution < 1.29 is 28.5 Å². The highest BCUT2D eigenvalue weighted by Crippen LogP contribution is 2.28. The molecule has 35 heavy (non-hydrogen) atoms. The minimum Gasteiger partial charge on any atom is -0.502 e. The minimum atomic E-state index is -0.367. The molecule has 0 atom stereocenters. The van der Waals surface area contributed by atoms with E-state index in [2.05, 4.69) is 27.7 Å². The van der Waals surface area contributed by atoms with Crippen LogP contribution in [0.5, 0.6) is 11.5 Å². The molecule has 0 spiro atoms. The Bertz CT molecular complexity index is 937. The van der Waals surface area contributed by atoms with Crippen LogP contribution < -0.4 is 10.9 Å². The zero-order valence-corrected chi connectivity index (χ0v) is 21.4. The van der Waals surface area contributed by atoms with Crippen molar-refractivity contribution in [3.63, 3.8) is 0 Å². The van der Waals surface area contributed by atoms with Crippen LogP contribution in [0.4, 0.5) is 0 Å². The lowest BCUT2D eigenvalue weighted by molar-refractivity contribution is 0.0735. The first-order valence-corrected chi connectivity index (χ1v) is 12.2. The Balaban J connectivity index is 1.51. The Kier molecular flexibility index (Phi) is 11.0. The van der Waals surface area contributed by atoms with E-state index >= 15 is 0 Å². The molecule has 196 valence electrons. The van der Waals surface area contributed by atoms with Crippen LogP contribution in [-0.2, 0) is 22.3 Å². The van der Waals surface area contributed by atoms with Crippen LogP contribution in [0, 0.1) is 10.8 Å². The molecular formula is C27H40O8. The molecule has 0 radical (unpaired) electrons. The summed E-state index contributed by atoms with van der Waals surface area (Å²) in [5, 5.41) is 19.0. The molecule has 0 aliphatic carbocycles. The third kappa shape index (κ3) is 10.3. The van der Waals surface area contributed by atoms with Crippen LogP contribution in [0.2, 0.25) is 0 Å². The second-order valence-electron chi connectivity index (χ2n) is 10.7. The summed E-state index contributed by atoms with van der Waals surface area (Å²) in [5.74, 6) is -0.704. The molecule has 0 saturated carbocycles. The molecule has 2 heterocycles. The quantitative estimate of drug-likeness (QED) is 0.320. The Morgan fingerprint density at radius 2 is 1.03 bits per heavy atom. The van der Waals surface area contributed by atoms with Crippen LogP contribution >= 0.6 is 0 Å². The third-order valence-electron chi connectivity index (χ3n) is 6.03. The van der Waals surface area contributed by atoms with Crippen molar-refractivity contribution in [2.24, 2.45) is 10.8 Å². The highest BCUT2D eigenvalue weighted by molar-refractivity contribution is 5.22. The zero-order valence-electron chi connectivity index (χ0n) is 21.4. The highest BCUT2D eigenvalue weighted by Gasteiger charge is 2.22. The SMILES string of the molecule is CC(C)(CCCOCCCOCCCC(C)(C)Cc1cocc(O)c1=O)Cc1cocc(O)c1=O. The molecule has 2 rings (SSSR count). The largest absolute Gasteiger partial charge is 0.502 e. The molecule has 0 aliphatic heterocycles. The number of ether oxygens (including phenoxy) is 2. The maximum absolute atomic E-state index is 12.0. The lowest BCUT2D eigenvalue weighted by Crippen LogP contribution is -2.21. The summed E-state index contributed by atoms with van der Waals surface area (Å²) < 4.78 is 21.4. The van der Waals surface area contributed by atoms with E-state index in [0.717, 1.165) is 44.6 Å². The van der Waals surface area contributed by atoms with E-state index < -0.39 is 0 Å². The van der Waals surface area contributed by atoms with Gasteiger partial charge in [-0.3, -0.25) is 9.59 Å². The first-order chi connectivity index (χ1) is 16.5.